The Hall–Kier alpha value is -2.14. The molecule has 1 aliphatic heterocycles. The third-order valence-electron chi connectivity index (χ3n) is 3.12. The van der Waals surface area contributed by atoms with Crippen LogP contribution in [0.3, 0.4) is 0 Å². The van der Waals surface area contributed by atoms with E-state index in [-0.39, 0.29) is 6.03 Å². The Bertz CT molecular complexity index is 595. The molecule has 0 spiro atoms. The molecule has 0 aromatic heterocycles. The van der Waals surface area contributed by atoms with Gasteiger partial charge in [-0.05, 0) is 36.4 Å². The van der Waals surface area contributed by atoms with Crippen LogP contribution < -0.4 is 10.1 Å². The highest BCUT2D eigenvalue weighted by Gasteiger charge is 2.17. The fourth-order valence-corrected chi connectivity index (χ4v) is 2.95. The minimum atomic E-state index is -0.0447. The van der Waals surface area contributed by atoms with Crippen LogP contribution in [0.4, 0.5) is 10.5 Å². The number of nitrogens with zero attached hydrogens (tertiary/aromatic N) is 1. The van der Waals surface area contributed by atoms with Gasteiger partial charge in [-0.25, -0.2) is 4.79 Å². The van der Waals surface area contributed by atoms with Crippen molar-refractivity contribution in [2.24, 2.45) is 0 Å². The van der Waals surface area contributed by atoms with E-state index >= 15 is 0 Å². The van der Waals surface area contributed by atoms with Crippen LogP contribution in [0.25, 0.3) is 0 Å². The fraction of sp³-hybridized carbons (Fsp3) is 0.188. The minimum Gasteiger partial charge on any atom is -0.457 e. The first kappa shape index (κ1) is 13.8. The zero-order valence-corrected chi connectivity index (χ0v) is 12.3. The van der Waals surface area contributed by atoms with E-state index in [0.29, 0.717) is 0 Å². The predicted octanol–water partition coefficient (Wildman–Crippen LogP) is 4.02. The molecule has 2 amide bonds. The molecule has 0 saturated carbocycles. The largest absolute Gasteiger partial charge is 0.457 e. The van der Waals surface area contributed by atoms with Gasteiger partial charge in [0.15, 0.2) is 0 Å². The average Bonchev–Trinajstić information content (AvgIpc) is 3.05. The van der Waals surface area contributed by atoms with Crippen LogP contribution >= 0.6 is 11.8 Å². The van der Waals surface area contributed by atoms with Crippen LogP contribution in [0, 0.1) is 0 Å². The van der Waals surface area contributed by atoms with E-state index in [1.807, 2.05) is 54.6 Å². The van der Waals surface area contributed by atoms with Gasteiger partial charge in [0.2, 0.25) is 0 Å². The molecule has 1 fully saturated rings. The molecule has 0 radical (unpaired) electrons. The molecule has 2 aromatic carbocycles. The molecule has 0 aliphatic carbocycles. The first-order chi connectivity index (χ1) is 10.3. The molecule has 0 bridgehead atoms. The van der Waals surface area contributed by atoms with E-state index in [4.69, 9.17) is 4.74 Å². The van der Waals surface area contributed by atoms with Crippen LogP contribution in [0.1, 0.15) is 0 Å². The molecular formula is C16H16N2O2S. The Morgan fingerprint density at radius 1 is 1.05 bits per heavy atom. The Kier molecular flexibility index (Phi) is 4.31. The molecule has 1 aliphatic rings. The number of ether oxygens (including phenoxy) is 1. The third kappa shape index (κ3) is 3.70. The molecule has 1 saturated heterocycles. The predicted molar refractivity (Wildman–Crippen MR) is 86.0 cm³/mol. The van der Waals surface area contributed by atoms with E-state index in [0.717, 1.165) is 35.4 Å². The van der Waals surface area contributed by atoms with Crippen molar-refractivity contribution >= 4 is 23.5 Å². The summed E-state index contributed by atoms with van der Waals surface area (Å²) in [6, 6.07) is 17.0. The highest BCUT2D eigenvalue weighted by Crippen LogP contribution is 2.23. The molecule has 1 heterocycles. The molecule has 2 aromatic rings. The molecular weight excluding hydrogens is 284 g/mol. The maximum absolute atomic E-state index is 12.0. The number of anilines is 1. The summed E-state index contributed by atoms with van der Waals surface area (Å²) in [6.07, 6.45) is 0. The summed E-state index contributed by atoms with van der Waals surface area (Å²) in [5, 5.41) is 2.89. The van der Waals surface area contributed by atoms with Crippen LogP contribution in [0.15, 0.2) is 54.6 Å². The minimum absolute atomic E-state index is 0.0447. The first-order valence-electron chi connectivity index (χ1n) is 6.78. The van der Waals surface area contributed by atoms with Crippen molar-refractivity contribution in [3.63, 3.8) is 0 Å². The molecule has 0 unspecified atom stereocenters. The van der Waals surface area contributed by atoms with Crippen molar-refractivity contribution < 1.29 is 9.53 Å². The fourth-order valence-electron chi connectivity index (χ4n) is 2.01. The highest BCUT2D eigenvalue weighted by atomic mass is 32.2. The third-order valence-corrected chi connectivity index (χ3v) is 4.09. The summed E-state index contributed by atoms with van der Waals surface area (Å²) >= 11 is 1.77. The van der Waals surface area contributed by atoms with E-state index < -0.39 is 0 Å². The van der Waals surface area contributed by atoms with Crippen molar-refractivity contribution in [3.05, 3.63) is 54.6 Å². The summed E-state index contributed by atoms with van der Waals surface area (Å²) in [6.45, 7) is 0.811. The normalized spacial score (nSPS) is 14.0. The number of nitrogens with one attached hydrogen (secondary N) is 1. The van der Waals surface area contributed by atoms with Crippen LogP contribution in [-0.2, 0) is 0 Å². The number of benzene rings is 2. The molecule has 4 nitrogen and oxygen atoms in total. The quantitative estimate of drug-likeness (QED) is 0.931. The summed E-state index contributed by atoms with van der Waals surface area (Å²) in [5.41, 5.74) is 0.775. The van der Waals surface area contributed by atoms with Crippen molar-refractivity contribution in [2.45, 2.75) is 0 Å². The van der Waals surface area contributed by atoms with Gasteiger partial charge in [-0.3, -0.25) is 0 Å². The van der Waals surface area contributed by atoms with Gasteiger partial charge in [0.05, 0.1) is 5.88 Å². The lowest BCUT2D eigenvalue weighted by atomic mass is 10.3. The lowest BCUT2D eigenvalue weighted by Gasteiger charge is -2.15. The first-order valence-corrected chi connectivity index (χ1v) is 7.93. The summed E-state index contributed by atoms with van der Waals surface area (Å²) < 4.78 is 5.71. The summed E-state index contributed by atoms with van der Waals surface area (Å²) in [5.74, 6) is 3.32. The van der Waals surface area contributed by atoms with E-state index in [2.05, 4.69) is 5.32 Å². The molecule has 3 rings (SSSR count). The van der Waals surface area contributed by atoms with Crippen molar-refractivity contribution in [1.29, 1.82) is 0 Å². The zero-order valence-electron chi connectivity index (χ0n) is 11.5. The number of carbonyl (C=O) groups is 1. The highest BCUT2D eigenvalue weighted by molar-refractivity contribution is 7.99. The second-order valence-electron chi connectivity index (χ2n) is 4.67. The van der Waals surface area contributed by atoms with Crippen molar-refractivity contribution in [1.82, 2.24) is 4.90 Å². The monoisotopic (exact) mass is 300 g/mol. The van der Waals surface area contributed by atoms with Crippen molar-refractivity contribution in [2.75, 3.05) is 23.5 Å². The Labute approximate surface area is 128 Å². The second kappa shape index (κ2) is 6.54. The van der Waals surface area contributed by atoms with Crippen LogP contribution in [0.2, 0.25) is 0 Å². The lowest BCUT2D eigenvalue weighted by molar-refractivity contribution is 0.225. The number of hydrogen-bond donors (Lipinski definition) is 1. The number of rotatable bonds is 3. The maximum Gasteiger partial charge on any atom is 0.322 e. The standard InChI is InChI=1S/C16H16N2O2S/c19-16(18-10-11-21-12-18)17-13-6-8-15(9-7-13)20-14-4-2-1-3-5-14/h1-9H,10-12H2,(H,17,19). The van der Waals surface area contributed by atoms with E-state index in [1.54, 1.807) is 16.7 Å². The molecule has 5 heteroatoms. The number of urea groups is 1. The van der Waals surface area contributed by atoms with E-state index in [1.165, 1.54) is 0 Å². The topological polar surface area (TPSA) is 41.6 Å². The van der Waals surface area contributed by atoms with Gasteiger partial charge in [0.25, 0.3) is 0 Å². The molecule has 0 atom stereocenters. The Morgan fingerprint density at radius 2 is 1.76 bits per heavy atom. The lowest BCUT2D eigenvalue weighted by Crippen LogP contribution is -2.32. The Balaban J connectivity index is 1.60. The van der Waals surface area contributed by atoms with Gasteiger partial charge in [-0.2, -0.15) is 0 Å². The van der Waals surface area contributed by atoms with Gasteiger partial charge < -0.3 is 15.0 Å². The van der Waals surface area contributed by atoms with Gasteiger partial charge in [-0.1, -0.05) is 18.2 Å². The smallest absolute Gasteiger partial charge is 0.322 e. The van der Waals surface area contributed by atoms with Gasteiger partial charge in [-0.15, -0.1) is 11.8 Å². The summed E-state index contributed by atoms with van der Waals surface area (Å²) in [4.78, 5) is 13.8. The molecule has 21 heavy (non-hydrogen) atoms. The van der Waals surface area contributed by atoms with Gasteiger partial charge in [0, 0.05) is 18.0 Å². The Morgan fingerprint density at radius 3 is 2.43 bits per heavy atom. The van der Waals surface area contributed by atoms with Gasteiger partial charge >= 0.3 is 6.03 Å². The number of hydrogen-bond acceptors (Lipinski definition) is 3. The zero-order chi connectivity index (χ0) is 14.5. The van der Waals surface area contributed by atoms with Gasteiger partial charge in [0.1, 0.15) is 11.5 Å². The number of para-hydroxylation sites is 1. The van der Waals surface area contributed by atoms with Crippen molar-refractivity contribution in [3.8, 4) is 11.5 Å². The van der Waals surface area contributed by atoms with Crippen LogP contribution in [0.5, 0.6) is 11.5 Å². The second-order valence-corrected chi connectivity index (χ2v) is 5.75. The molecule has 108 valence electrons. The maximum atomic E-state index is 12.0. The molecule has 1 N–H and O–H groups in total. The van der Waals surface area contributed by atoms with Crippen LogP contribution in [-0.4, -0.2) is 29.1 Å². The number of thioether (sulfide) groups is 1. The van der Waals surface area contributed by atoms with E-state index in [9.17, 15) is 4.79 Å². The number of amides is 2. The summed E-state index contributed by atoms with van der Waals surface area (Å²) in [7, 11) is 0. The SMILES string of the molecule is O=C(Nc1ccc(Oc2ccccc2)cc1)N1CCSC1. The average molecular weight is 300 g/mol. The number of carbonyl (C=O) groups excluding carboxylic acids is 1.